The van der Waals surface area contributed by atoms with Gasteiger partial charge in [-0.2, -0.15) is 0 Å². The van der Waals surface area contributed by atoms with E-state index >= 15 is 0 Å². The molecule has 0 saturated heterocycles. The summed E-state index contributed by atoms with van der Waals surface area (Å²) in [6.07, 6.45) is 5.06. The van der Waals surface area contributed by atoms with Gasteiger partial charge in [-0.15, -0.1) is 0 Å². The highest BCUT2D eigenvalue weighted by Gasteiger charge is 2.11. The maximum absolute atomic E-state index is 12.1. The van der Waals surface area contributed by atoms with Gasteiger partial charge in [0.15, 0.2) is 0 Å². The van der Waals surface area contributed by atoms with Gasteiger partial charge in [-0.1, -0.05) is 19.8 Å². The van der Waals surface area contributed by atoms with E-state index in [1.165, 1.54) is 0 Å². The average Bonchev–Trinajstić information content (AvgIpc) is 2.86. The molecule has 1 aromatic heterocycles. The molecule has 2 rings (SSSR count). The van der Waals surface area contributed by atoms with Crippen LogP contribution in [0, 0.1) is 0 Å². The number of benzene rings is 1. The van der Waals surface area contributed by atoms with Crippen LogP contribution in [-0.2, 0) is 0 Å². The van der Waals surface area contributed by atoms with E-state index in [-0.39, 0.29) is 5.91 Å². The molecule has 0 aliphatic heterocycles. The van der Waals surface area contributed by atoms with E-state index in [2.05, 4.69) is 17.2 Å². The predicted molar refractivity (Wildman–Crippen MR) is 76.7 cm³/mol. The summed E-state index contributed by atoms with van der Waals surface area (Å²) in [6, 6.07) is 5.68. The van der Waals surface area contributed by atoms with Crippen LogP contribution in [0.4, 0.5) is 0 Å². The molecule has 1 heterocycles. The van der Waals surface area contributed by atoms with Gasteiger partial charge < -0.3 is 15.0 Å². The Morgan fingerprint density at radius 3 is 2.95 bits per heavy atom. The fourth-order valence-corrected chi connectivity index (χ4v) is 2.09. The molecule has 1 amide bonds. The number of fused-ring (bicyclic) bond motifs is 1. The van der Waals surface area contributed by atoms with Gasteiger partial charge >= 0.3 is 0 Å². The van der Waals surface area contributed by atoms with Crippen LogP contribution in [0.1, 0.15) is 36.5 Å². The van der Waals surface area contributed by atoms with Gasteiger partial charge in [0.1, 0.15) is 5.75 Å². The van der Waals surface area contributed by atoms with Crippen LogP contribution in [0.15, 0.2) is 24.4 Å². The van der Waals surface area contributed by atoms with Crippen molar-refractivity contribution in [1.29, 1.82) is 0 Å². The molecule has 1 aromatic carbocycles. The second-order valence-corrected chi connectivity index (χ2v) is 4.58. The van der Waals surface area contributed by atoms with Crippen LogP contribution in [-0.4, -0.2) is 24.5 Å². The third-order valence-corrected chi connectivity index (χ3v) is 3.20. The average molecular weight is 260 g/mol. The Morgan fingerprint density at radius 1 is 1.37 bits per heavy atom. The van der Waals surface area contributed by atoms with E-state index in [0.29, 0.717) is 5.56 Å². The lowest BCUT2D eigenvalue weighted by Crippen LogP contribution is -2.24. The zero-order valence-corrected chi connectivity index (χ0v) is 11.5. The summed E-state index contributed by atoms with van der Waals surface area (Å²) >= 11 is 0. The maximum atomic E-state index is 12.1. The number of ether oxygens (including phenoxy) is 1. The highest BCUT2D eigenvalue weighted by atomic mass is 16.5. The normalized spacial score (nSPS) is 10.6. The van der Waals surface area contributed by atoms with Crippen molar-refractivity contribution in [3.8, 4) is 5.75 Å². The van der Waals surface area contributed by atoms with Crippen molar-refractivity contribution in [3.63, 3.8) is 0 Å². The van der Waals surface area contributed by atoms with Gasteiger partial charge in [-0.25, -0.2) is 0 Å². The molecule has 0 bridgehead atoms. The summed E-state index contributed by atoms with van der Waals surface area (Å²) in [5.41, 5.74) is 1.62. The number of rotatable bonds is 6. The van der Waals surface area contributed by atoms with Crippen molar-refractivity contribution in [2.45, 2.75) is 26.2 Å². The van der Waals surface area contributed by atoms with Gasteiger partial charge in [0, 0.05) is 23.6 Å². The number of hydrogen-bond donors (Lipinski definition) is 2. The van der Waals surface area contributed by atoms with Crippen molar-refractivity contribution in [2.24, 2.45) is 0 Å². The minimum absolute atomic E-state index is 0.0318. The third kappa shape index (κ3) is 3.08. The zero-order valence-electron chi connectivity index (χ0n) is 11.5. The lowest BCUT2D eigenvalue weighted by Gasteiger charge is -2.04. The number of aromatic nitrogens is 1. The third-order valence-electron chi connectivity index (χ3n) is 3.20. The van der Waals surface area contributed by atoms with Crippen LogP contribution in [0.2, 0.25) is 0 Å². The van der Waals surface area contributed by atoms with E-state index in [1.807, 2.05) is 18.2 Å². The quantitative estimate of drug-likeness (QED) is 0.784. The van der Waals surface area contributed by atoms with E-state index in [4.69, 9.17) is 4.74 Å². The molecule has 0 saturated carbocycles. The molecule has 0 aliphatic carbocycles. The summed E-state index contributed by atoms with van der Waals surface area (Å²) in [6.45, 7) is 2.87. The Balaban J connectivity index is 2.13. The largest absolute Gasteiger partial charge is 0.497 e. The number of carbonyl (C=O) groups is 1. The molecular formula is C15H20N2O2. The first-order valence-electron chi connectivity index (χ1n) is 6.69. The van der Waals surface area contributed by atoms with Gasteiger partial charge in [-0.05, 0) is 24.6 Å². The molecule has 2 N–H and O–H groups in total. The monoisotopic (exact) mass is 260 g/mol. The first kappa shape index (κ1) is 13.5. The van der Waals surface area contributed by atoms with Crippen molar-refractivity contribution in [3.05, 3.63) is 30.0 Å². The van der Waals surface area contributed by atoms with E-state index < -0.39 is 0 Å². The topological polar surface area (TPSA) is 54.1 Å². The summed E-state index contributed by atoms with van der Waals surface area (Å²) in [4.78, 5) is 15.2. The molecule has 0 radical (unpaired) electrons. The first-order chi connectivity index (χ1) is 9.26. The molecule has 0 atom stereocenters. The van der Waals surface area contributed by atoms with Crippen LogP contribution in [0.3, 0.4) is 0 Å². The van der Waals surface area contributed by atoms with Gasteiger partial charge in [-0.3, -0.25) is 4.79 Å². The van der Waals surface area contributed by atoms with E-state index in [1.54, 1.807) is 13.3 Å². The molecule has 102 valence electrons. The van der Waals surface area contributed by atoms with E-state index in [0.717, 1.165) is 42.5 Å². The molecule has 0 aliphatic rings. The number of carbonyl (C=O) groups excluding carboxylic acids is 1. The molecule has 4 heteroatoms. The number of hydrogen-bond acceptors (Lipinski definition) is 2. The van der Waals surface area contributed by atoms with Crippen LogP contribution >= 0.6 is 0 Å². The summed E-state index contributed by atoms with van der Waals surface area (Å²) < 4.78 is 5.19. The highest BCUT2D eigenvalue weighted by Crippen LogP contribution is 2.23. The van der Waals surface area contributed by atoms with Gasteiger partial charge in [0.05, 0.1) is 12.7 Å². The van der Waals surface area contributed by atoms with Crippen molar-refractivity contribution in [1.82, 2.24) is 10.3 Å². The smallest absolute Gasteiger partial charge is 0.253 e. The van der Waals surface area contributed by atoms with Crippen LogP contribution < -0.4 is 10.1 Å². The Hall–Kier alpha value is -1.97. The highest BCUT2D eigenvalue weighted by molar-refractivity contribution is 6.07. The molecule has 0 unspecified atom stereocenters. The molecule has 4 nitrogen and oxygen atoms in total. The molecule has 2 aromatic rings. The Labute approximate surface area is 113 Å². The minimum Gasteiger partial charge on any atom is -0.497 e. The number of unbranched alkanes of at least 4 members (excludes halogenated alkanes) is 2. The molecule has 19 heavy (non-hydrogen) atoms. The lowest BCUT2D eigenvalue weighted by molar-refractivity contribution is 0.0954. The number of H-pyrrole nitrogens is 1. The SMILES string of the molecule is CCCCCNC(=O)c1c[nH]c2ccc(OC)cc12. The minimum atomic E-state index is -0.0318. The van der Waals surface area contributed by atoms with Crippen molar-refractivity contribution >= 4 is 16.8 Å². The predicted octanol–water partition coefficient (Wildman–Crippen LogP) is 3.10. The number of aromatic amines is 1. The lowest BCUT2D eigenvalue weighted by atomic mass is 10.1. The Kier molecular flexibility index (Phi) is 4.44. The van der Waals surface area contributed by atoms with Gasteiger partial charge in [0.2, 0.25) is 0 Å². The number of nitrogens with one attached hydrogen (secondary N) is 2. The van der Waals surface area contributed by atoms with Gasteiger partial charge in [0.25, 0.3) is 5.91 Å². The Bertz CT molecular complexity index is 560. The standard InChI is InChI=1S/C15H20N2O2/c1-3-4-5-8-16-15(18)13-10-17-14-7-6-11(19-2)9-12(13)14/h6-7,9-10,17H,3-5,8H2,1-2H3,(H,16,18). The molecule has 0 spiro atoms. The molecule has 0 fully saturated rings. The fourth-order valence-electron chi connectivity index (χ4n) is 2.09. The number of methoxy groups -OCH3 is 1. The summed E-state index contributed by atoms with van der Waals surface area (Å²) in [7, 11) is 1.62. The first-order valence-corrected chi connectivity index (χ1v) is 6.69. The summed E-state index contributed by atoms with van der Waals surface area (Å²) in [5, 5.41) is 3.85. The van der Waals surface area contributed by atoms with E-state index in [9.17, 15) is 4.79 Å². The second kappa shape index (κ2) is 6.27. The molecular weight excluding hydrogens is 240 g/mol. The second-order valence-electron chi connectivity index (χ2n) is 4.58. The van der Waals surface area contributed by atoms with Crippen molar-refractivity contribution in [2.75, 3.05) is 13.7 Å². The summed E-state index contributed by atoms with van der Waals surface area (Å²) in [5.74, 6) is 0.725. The maximum Gasteiger partial charge on any atom is 0.253 e. The van der Waals surface area contributed by atoms with Crippen LogP contribution in [0.5, 0.6) is 5.75 Å². The zero-order chi connectivity index (χ0) is 13.7. The number of amides is 1. The van der Waals surface area contributed by atoms with Crippen LogP contribution in [0.25, 0.3) is 10.9 Å². The fraction of sp³-hybridized carbons (Fsp3) is 0.400. The van der Waals surface area contributed by atoms with Crippen molar-refractivity contribution < 1.29 is 9.53 Å². The Morgan fingerprint density at radius 2 is 2.21 bits per heavy atom.